The van der Waals surface area contributed by atoms with Crippen LogP contribution in [-0.4, -0.2) is 23.8 Å². The molecule has 1 heterocycles. The molecule has 3 aromatic rings. The molecule has 0 spiro atoms. The number of hydrogen-bond acceptors (Lipinski definition) is 4. The van der Waals surface area contributed by atoms with Crippen LogP contribution in [0.25, 0.3) is 0 Å². The van der Waals surface area contributed by atoms with Crippen molar-refractivity contribution in [2.24, 2.45) is 7.05 Å². The van der Waals surface area contributed by atoms with Gasteiger partial charge in [-0.15, -0.1) is 0 Å². The number of carbonyl (C=O) groups is 1. The van der Waals surface area contributed by atoms with Gasteiger partial charge in [0.15, 0.2) is 5.82 Å². The third kappa shape index (κ3) is 3.70. The number of nitrogens with zero attached hydrogens (tertiary/aromatic N) is 2. The second-order valence-electron chi connectivity index (χ2n) is 7.33. The van der Waals surface area contributed by atoms with E-state index in [2.05, 4.69) is 9.71 Å². The number of carbonyl (C=O) groups excluding carboxylic acids is 1. The Morgan fingerprint density at radius 3 is 1.90 bits per heavy atom. The molecule has 0 saturated heterocycles. The van der Waals surface area contributed by atoms with Crippen LogP contribution in [-0.2, 0) is 17.1 Å². The predicted octanol–water partition coefficient (Wildman–Crippen LogP) is 3.99. The fraction of sp³-hybridized carbons (Fsp3) is 0.273. The lowest BCUT2D eigenvalue weighted by Gasteiger charge is -2.19. The molecule has 0 radical (unpaired) electrons. The Morgan fingerprint density at radius 1 is 0.897 bits per heavy atom. The molecule has 0 aliphatic heterocycles. The highest BCUT2D eigenvalue weighted by molar-refractivity contribution is 7.92. The minimum Gasteiger partial charge on any atom is -0.331 e. The quantitative estimate of drug-likeness (QED) is 0.644. The smallest absolute Gasteiger partial charge is 0.262 e. The van der Waals surface area contributed by atoms with Crippen molar-refractivity contribution in [2.45, 2.75) is 39.5 Å². The van der Waals surface area contributed by atoms with Crippen LogP contribution in [0.3, 0.4) is 0 Å². The Labute approximate surface area is 171 Å². The van der Waals surface area contributed by atoms with Gasteiger partial charge in [-0.2, -0.15) is 0 Å². The molecule has 2 aromatic carbocycles. The summed E-state index contributed by atoms with van der Waals surface area (Å²) in [4.78, 5) is 16.9. The summed E-state index contributed by atoms with van der Waals surface area (Å²) in [5, 5.41) is 0. The van der Waals surface area contributed by atoms with Crippen molar-refractivity contribution in [1.29, 1.82) is 0 Å². The average Bonchev–Trinajstić information content (AvgIpc) is 3.10. The van der Waals surface area contributed by atoms with Crippen molar-refractivity contribution in [3.8, 4) is 0 Å². The molecule has 0 unspecified atom stereocenters. The predicted molar refractivity (Wildman–Crippen MR) is 114 cm³/mol. The molecular formula is C22H25N3O3S. The van der Waals surface area contributed by atoms with E-state index in [9.17, 15) is 13.2 Å². The summed E-state index contributed by atoms with van der Waals surface area (Å²) in [6, 6.07) is 6.37. The van der Waals surface area contributed by atoms with E-state index in [-0.39, 0.29) is 5.78 Å². The lowest BCUT2D eigenvalue weighted by molar-refractivity contribution is 0.102. The van der Waals surface area contributed by atoms with E-state index in [1.165, 1.54) is 0 Å². The third-order valence-corrected chi connectivity index (χ3v) is 7.28. The highest BCUT2D eigenvalue weighted by atomic mass is 32.2. The second kappa shape index (κ2) is 7.48. The summed E-state index contributed by atoms with van der Waals surface area (Å²) in [7, 11) is -2.02. The van der Waals surface area contributed by atoms with Crippen LogP contribution in [0, 0.1) is 34.6 Å². The van der Waals surface area contributed by atoms with Crippen LogP contribution < -0.4 is 4.72 Å². The SMILES string of the molecule is Cc1c(C)c(C)c(S(=O)(=O)Nc2ccc(C(=O)c3nccn3C)cc2)c(C)c1C. The molecule has 152 valence electrons. The lowest BCUT2D eigenvalue weighted by Crippen LogP contribution is -2.18. The number of hydrogen-bond donors (Lipinski definition) is 1. The standard InChI is InChI=1S/C22H25N3O3S/c1-13-14(2)16(4)21(17(5)15(13)3)29(27,28)24-19-9-7-18(8-10-19)20(26)22-23-11-12-25(22)6/h7-12,24H,1-6H3. The second-order valence-corrected chi connectivity index (χ2v) is 8.95. The largest absolute Gasteiger partial charge is 0.331 e. The van der Waals surface area contributed by atoms with Crippen molar-refractivity contribution in [3.05, 3.63) is 75.9 Å². The van der Waals surface area contributed by atoms with E-state index in [4.69, 9.17) is 0 Å². The summed E-state index contributed by atoms with van der Waals surface area (Å²) in [5.74, 6) is 0.110. The highest BCUT2D eigenvalue weighted by Gasteiger charge is 2.24. The topological polar surface area (TPSA) is 81.1 Å². The molecule has 6 nitrogen and oxygen atoms in total. The molecule has 7 heteroatoms. The monoisotopic (exact) mass is 411 g/mol. The molecule has 1 N–H and O–H groups in total. The maximum Gasteiger partial charge on any atom is 0.262 e. The molecule has 0 amide bonds. The van der Waals surface area contributed by atoms with Crippen LogP contribution >= 0.6 is 0 Å². The molecule has 1 aromatic heterocycles. The van der Waals surface area contributed by atoms with E-state index in [1.807, 2.05) is 34.6 Å². The third-order valence-electron chi connectivity index (χ3n) is 5.62. The molecule has 0 aliphatic carbocycles. The van der Waals surface area contributed by atoms with Gasteiger partial charge in [-0.05, 0) is 86.7 Å². The molecule has 0 atom stereocenters. The number of ketones is 1. The first-order valence-electron chi connectivity index (χ1n) is 9.26. The van der Waals surface area contributed by atoms with Gasteiger partial charge >= 0.3 is 0 Å². The number of benzene rings is 2. The van der Waals surface area contributed by atoms with Gasteiger partial charge in [-0.3, -0.25) is 9.52 Å². The minimum absolute atomic E-state index is 0.219. The maximum atomic E-state index is 13.1. The number of sulfonamides is 1. The van der Waals surface area contributed by atoms with Crippen LogP contribution in [0.1, 0.15) is 44.0 Å². The zero-order chi connectivity index (χ0) is 21.5. The first kappa shape index (κ1) is 20.8. The van der Waals surface area contributed by atoms with Crippen LogP contribution in [0.4, 0.5) is 5.69 Å². The number of nitrogens with one attached hydrogen (secondary N) is 1. The van der Waals surface area contributed by atoms with Gasteiger partial charge in [-0.1, -0.05) is 0 Å². The van der Waals surface area contributed by atoms with Crippen LogP contribution in [0.5, 0.6) is 0 Å². The Morgan fingerprint density at radius 2 is 1.41 bits per heavy atom. The fourth-order valence-corrected chi connectivity index (χ4v) is 5.14. The van der Waals surface area contributed by atoms with Gasteiger partial charge in [0.2, 0.25) is 5.78 Å². The first-order valence-corrected chi connectivity index (χ1v) is 10.7. The van der Waals surface area contributed by atoms with E-state index < -0.39 is 10.0 Å². The van der Waals surface area contributed by atoms with Gasteiger partial charge in [0.25, 0.3) is 10.0 Å². The van der Waals surface area contributed by atoms with E-state index in [0.717, 1.165) is 27.8 Å². The van der Waals surface area contributed by atoms with Crippen LogP contribution in [0.15, 0.2) is 41.6 Å². The number of imidazole rings is 1. The van der Waals surface area contributed by atoms with Crippen molar-refractivity contribution >= 4 is 21.5 Å². The van der Waals surface area contributed by atoms with E-state index in [1.54, 1.807) is 48.3 Å². The lowest BCUT2D eigenvalue weighted by atomic mass is 9.95. The number of rotatable bonds is 5. The molecule has 0 aliphatic rings. The Kier molecular flexibility index (Phi) is 5.36. The van der Waals surface area contributed by atoms with Crippen LogP contribution in [0.2, 0.25) is 0 Å². The zero-order valence-corrected chi connectivity index (χ0v) is 18.3. The summed E-state index contributed by atoms with van der Waals surface area (Å²) >= 11 is 0. The average molecular weight is 412 g/mol. The summed E-state index contributed by atoms with van der Waals surface area (Å²) < 4.78 is 30.5. The molecular weight excluding hydrogens is 386 g/mol. The van der Waals surface area contributed by atoms with Gasteiger partial charge in [0.1, 0.15) is 0 Å². The number of anilines is 1. The Bertz CT molecular complexity index is 1180. The molecule has 0 saturated carbocycles. The normalized spacial score (nSPS) is 11.5. The van der Waals surface area contributed by atoms with E-state index >= 15 is 0 Å². The van der Waals surface area contributed by atoms with Crippen molar-refractivity contribution in [1.82, 2.24) is 9.55 Å². The molecule has 0 bridgehead atoms. The Hall–Kier alpha value is -2.93. The number of aryl methyl sites for hydroxylation is 1. The summed E-state index contributed by atoms with van der Waals surface area (Å²) in [6.07, 6.45) is 3.26. The van der Waals surface area contributed by atoms with Gasteiger partial charge in [0, 0.05) is 30.7 Å². The van der Waals surface area contributed by atoms with Crippen molar-refractivity contribution in [2.75, 3.05) is 4.72 Å². The minimum atomic E-state index is -3.77. The summed E-state index contributed by atoms with van der Waals surface area (Å²) in [6.45, 7) is 9.55. The molecule has 29 heavy (non-hydrogen) atoms. The summed E-state index contributed by atoms with van der Waals surface area (Å²) in [5.41, 5.74) is 5.40. The van der Waals surface area contributed by atoms with E-state index in [0.29, 0.717) is 22.0 Å². The Balaban J connectivity index is 1.93. The van der Waals surface area contributed by atoms with Crippen molar-refractivity contribution < 1.29 is 13.2 Å². The maximum absolute atomic E-state index is 13.1. The fourth-order valence-electron chi connectivity index (χ4n) is 3.48. The van der Waals surface area contributed by atoms with Gasteiger partial charge in [-0.25, -0.2) is 13.4 Å². The molecule has 3 rings (SSSR count). The van der Waals surface area contributed by atoms with Crippen molar-refractivity contribution in [3.63, 3.8) is 0 Å². The number of aromatic nitrogens is 2. The highest BCUT2D eigenvalue weighted by Crippen LogP contribution is 2.30. The zero-order valence-electron chi connectivity index (χ0n) is 17.5. The van der Waals surface area contributed by atoms with Gasteiger partial charge < -0.3 is 4.57 Å². The molecule has 0 fully saturated rings. The van der Waals surface area contributed by atoms with Gasteiger partial charge in [0.05, 0.1) is 4.90 Å². The first-order chi connectivity index (χ1) is 13.5.